The van der Waals surface area contributed by atoms with Gasteiger partial charge in [-0.15, -0.1) is 0 Å². The highest BCUT2D eigenvalue weighted by molar-refractivity contribution is 5.84. The van der Waals surface area contributed by atoms with Gasteiger partial charge in [0.2, 0.25) is 0 Å². The number of benzene rings is 2. The number of anilines is 1. The van der Waals surface area contributed by atoms with Crippen molar-refractivity contribution in [2.45, 2.75) is 37.7 Å². The minimum atomic E-state index is -4.91. The van der Waals surface area contributed by atoms with Gasteiger partial charge in [0.1, 0.15) is 29.1 Å². The summed E-state index contributed by atoms with van der Waals surface area (Å²) in [5.74, 6) is -1.96. The van der Waals surface area contributed by atoms with Crippen LogP contribution in [0.1, 0.15) is 24.0 Å². The number of halogens is 5. The fraction of sp³-hybridized carbons (Fsp3) is 0.286. The lowest BCUT2D eigenvalue weighted by Gasteiger charge is -2.36. The van der Waals surface area contributed by atoms with E-state index < -0.39 is 23.2 Å². The molecule has 0 aliphatic heterocycles. The zero-order valence-electron chi connectivity index (χ0n) is 15.6. The van der Waals surface area contributed by atoms with Crippen molar-refractivity contribution in [3.63, 3.8) is 0 Å². The van der Waals surface area contributed by atoms with Crippen molar-refractivity contribution in [2.75, 3.05) is 5.73 Å². The molecule has 1 fully saturated rings. The summed E-state index contributed by atoms with van der Waals surface area (Å²) in [6, 6.07) is 6.61. The van der Waals surface area contributed by atoms with Gasteiger partial charge in [0, 0.05) is 35.9 Å². The van der Waals surface area contributed by atoms with Crippen molar-refractivity contribution in [1.29, 1.82) is 0 Å². The van der Waals surface area contributed by atoms with Crippen molar-refractivity contribution in [2.24, 2.45) is 0 Å². The number of aromatic nitrogens is 1. The summed E-state index contributed by atoms with van der Waals surface area (Å²) in [7, 11) is 0. The number of hydrogen-bond donors (Lipinski definition) is 2. The Bertz CT molecular complexity index is 1080. The Kier molecular flexibility index (Phi) is 5.23. The van der Waals surface area contributed by atoms with Crippen molar-refractivity contribution < 1.29 is 26.7 Å². The van der Waals surface area contributed by atoms with Crippen LogP contribution >= 0.6 is 0 Å². The number of nitrogen functional groups attached to an aromatic ring is 1. The van der Waals surface area contributed by atoms with Crippen LogP contribution in [0.3, 0.4) is 0 Å². The first-order valence-electron chi connectivity index (χ1n) is 9.30. The molecule has 0 atom stereocenters. The van der Waals surface area contributed by atoms with E-state index in [1.165, 1.54) is 6.07 Å². The molecule has 2 aromatic carbocycles. The zero-order chi connectivity index (χ0) is 21.5. The van der Waals surface area contributed by atoms with Gasteiger partial charge in [-0.05, 0) is 48.6 Å². The number of fused-ring (bicyclic) bond motifs is 1. The normalized spacial score (nSPS) is 19.0. The molecule has 158 valence electrons. The maximum Gasteiger partial charge on any atom is 0.421 e. The molecule has 4 nitrogen and oxygen atoms in total. The Labute approximate surface area is 168 Å². The third-order valence-corrected chi connectivity index (χ3v) is 5.27. The number of hydrogen-bond acceptors (Lipinski definition) is 4. The number of ether oxygens (including phenoxy) is 1. The van der Waals surface area contributed by atoms with Crippen LogP contribution in [0.25, 0.3) is 10.8 Å². The standard InChI is InChI=1S/C21H18F5N3O/c22-16-2-1-11-9-28-6-5-14(11)15(16)10-29-12-7-13(8-12)30-18-4-3-17(23)19(20(18)27)21(24,25)26/h1-6,9,12-13,29H,7-8,10,27H2. The van der Waals surface area contributed by atoms with Gasteiger partial charge in [-0.2, -0.15) is 13.2 Å². The van der Waals surface area contributed by atoms with Crippen molar-refractivity contribution in [1.82, 2.24) is 10.3 Å². The second kappa shape index (κ2) is 7.71. The molecule has 1 aliphatic carbocycles. The van der Waals surface area contributed by atoms with E-state index in [2.05, 4.69) is 10.3 Å². The highest BCUT2D eigenvalue weighted by Gasteiger charge is 2.39. The van der Waals surface area contributed by atoms with Crippen LogP contribution in [0, 0.1) is 11.6 Å². The van der Waals surface area contributed by atoms with Gasteiger partial charge in [-0.1, -0.05) is 0 Å². The molecule has 1 saturated carbocycles. The van der Waals surface area contributed by atoms with Gasteiger partial charge in [0.15, 0.2) is 0 Å². The summed E-state index contributed by atoms with van der Waals surface area (Å²) in [6.07, 6.45) is -1.000. The summed E-state index contributed by atoms with van der Waals surface area (Å²) >= 11 is 0. The molecule has 0 amide bonds. The number of nitrogens with zero attached hydrogens (tertiary/aromatic N) is 1. The lowest BCUT2D eigenvalue weighted by molar-refractivity contribution is -0.139. The number of nitrogens with one attached hydrogen (secondary N) is 1. The quantitative estimate of drug-likeness (QED) is 0.457. The van der Waals surface area contributed by atoms with E-state index >= 15 is 0 Å². The Hall–Kier alpha value is -2.94. The van der Waals surface area contributed by atoms with Crippen LogP contribution in [-0.4, -0.2) is 17.1 Å². The predicted octanol–water partition coefficient (Wildman–Crippen LogP) is 4.81. The summed E-state index contributed by atoms with van der Waals surface area (Å²) in [5.41, 5.74) is 3.74. The topological polar surface area (TPSA) is 60.2 Å². The Morgan fingerprint density at radius 1 is 1.07 bits per heavy atom. The van der Waals surface area contributed by atoms with E-state index in [-0.39, 0.29) is 23.7 Å². The molecule has 30 heavy (non-hydrogen) atoms. The zero-order valence-corrected chi connectivity index (χ0v) is 15.6. The second-order valence-corrected chi connectivity index (χ2v) is 7.24. The monoisotopic (exact) mass is 423 g/mol. The van der Waals surface area contributed by atoms with Gasteiger partial charge < -0.3 is 15.8 Å². The molecule has 4 rings (SSSR count). The summed E-state index contributed by atoms with van der Waals surface area (Å²) in [6.45, 7) is 0.293. The van der Waals surface area contributed by atoms with Crippen LogP contribution < -0.4 is 15.8 Å². The van der Waals surface area contributed by atoms with Gasteiger partial charge >= 0.3 is 6.18 Å². The largest absolute Gasteiger partial charge is 0.488 e. The van der Waals surface area contributed by atoms with E-state index in [1.54, 1.807) is 24.5 Å². The van der Waals surface area contributed by atoms with E-state index in [0.717, 1.165) is 16.8 Å². The molecule has 1 aliphatic rings. The summed E-state index contributed by atoms with van der Waals surface area (Å²) < 4.78 is 72.2. The van der Waals surface area contributed by atoms with Crippen LogP contribution in [-0.2, 0) is 12.7 Å². The molecule has 0 spiro atoms. The number of alkyl halides is 3. The summed E-state index contributed by atoms with van der Waals surface area (Å²) in [5, 5.41) is 4.83. The molecule has 0 unspecified atom stereocenters. The highest BCUT2D eigenvalue weighted by atomic mass is 19.4. The minimum absolute atomic E-state index is 0.00949. The first-order chi connectivity index (χ1) is 14.2. The molecular weight excluding hydrogens is 405 g/mol. The average Bonchev–Trinajstić information content (AvgIpc) is 2.65. The Balaban J connectivity index is 1.38. The third-order valence-electron chi connectivity index (χ3n) is 5.27. The maximum absolute atomic E-state index is 14.2. The fourth-order valence-electron chi connectivity index (χ4n) is 3.61. The third kappa shape index (κ3) is 3.89. The van der Waals surface area contributed by atoms with Crippen LogP contribution in [0.4, 0.5) is 27.6 Å². The predicted molar refractivity (Wildman–Crippen MR) is 102 cm³/mol. The van der Waals surface area contributed by atoms with E-state index in [9.17, 15) is 22.0 Å². The molecule has 1 heterocycles. The number of rotatable bonds is 5. The van der Waals surface area contributed by atoms with Crippen molar-refractivity contribution >= 4 is 16.5 Å². The van der Waals surface area contributed by atoms with Gasteiger partial charge in [-0.3, -0.25) is 4.98 Å². The molecule has 0 radical (unpaired) electrons. The molecular formula is C21H18F5N3O. The maximum atomic E-state index is 14.2. The van der Waals surface area contributed by atoms with Crippen molar-refractivity contribution in [3.05, 3.63) is 65.5 Å². The molecule has 1 aromatic heterocycles. The average molecular weight is 423 g/mol. The smallest absolute Gasteiger partial charge is 0.421 e. The van der Waals surface area contributed by atoms with Gasteiger partial charge in [0.05, 0.1) is 5.69 Å². The van der Waals surface area contributed by atoms with E-state index in [4.69, 9.17) is 10.5 Å². The lowest BCUT2D eigenvalue weighted by atomic mass is 9.88. The lowest BCUT2D eigenvalue weighted by Crippen LogP contribution is -2.46. The molecule has 0 saturated heterocycles. The van der Waals surface area contributed by atoms with Gasteiger partial charge in [-0.25, -0.2) is 8.78 Å². The number of nitrogens with two attached hydrogens (primary N) is 1. The Morgan fingerprint density at radius 3 is 2.53 bits per heavy atom. The van der Waals surface area contributed by atoms with Crippen LogP contribution in [0.2, 0.25) is 0 Å². The Morgan fingerprint density at radius 2 is 1.80 bits per heavy atom. The first-order valence-corrected chi connectivity index (χ1v) is 9.30. The minimum Gasteiger partial charge on any atom is -0.488 e. The fourth-order valence-corrected chi connectivity index (χ4v) is 3.61. The molecule has 3 aromatic rings. The molecule has 9 heteroatoms. The van der Waals surface area contributed by atoms with Crippen LogP contribution in [0.15, 0.2) is 42.7 Å². The van der Waals surface area contributed by atoms with Crippen LogP contribution in [0.5, 0.6) is 5.75 Å². The molecule has 0 bridgehead atoms. The number of pyridine rings is 1. The van der Waals surface area contributed by atoms with Gasteiger partial charge in [0.25, 0.3) is 0 Å². The van der Waals surface area contributed by atoms with E-state index in [1.807, 2.05) is 0 Å². The van der Waals surface area contributed by atoms with Crippen molar-refractivity contribution in [3.8, 4) is 5.75 Å². The second-order valence-electron chi connectivity index (χ2n) is 7.24. The molecule has 3 N–H and O–H groups in total. The SMILES string of the molecule is Nc1c(OC2CC(NCc3c(F)ccc4cnccc34)C2)ccc(F)c1C(F)(F)F. The van der Waals surface area contributed by atoms with E-state index in [0.29, 0.717) is 31.0 Å². The summed E-state index contributed by atoms with van der Waals surface area (Å²) in [4.78, 5) is 4.03. The first kappa shape index (κ1) is 20.3. The highest BCUT2D eigenvalue weighted by Crippen LogP contribution is 2.41.